The van der Waals surface area contributed by atoms with E-state index >= 15 is 0 Å². The molecule has 0 spiro atoms. The van der Waals surface area contributed by atoms with Crippen molar-refractivity contribution in [3.05, 3.63) is 68.8 Å². The van der Waals surface area contributed by atoms with Gasteiger partial charge in [-0.05, 0) is 40.6 Å². The molecule has 1 atom stereocenters. The van der Waals surface area contributed by atoms with Crippen LogP contribution in [0.2, 0.25) is 0 Å². The van der Waals surface area contributed by atoms with Crippen molar-refractivity contribution in [1.82, 2.24) is 0 Å². The van der Waals surface area contributed by atoms with E-state index in [2.05, 4.69) is 22.6 Å². The fourth-order valence-electron chi connectivity index (χ4n) is 1.75. The molecule has 0 radical (unpaired) electrons. The average Bonchev–Trinajstić information content (AvgIpc) is 2.41. The first-order valence-electron chi connectivity index (χ1n) is 5.59. The Morgan fingerprint density at radius 1 is 1.11 bits per heavy atom. The van der Waals surface area contributed by atoms with Gasteiger partial charge in [0.15, 0.2) is 5.78 Å². The molecule has 0 aliphatic heterocycles. The molecule has 1 nitrogen and oxygen atoms in total. The van der Waals surface area contributed by atoms with Gasteiger partial charge >= 0.3 is 0 Å². The number of aryl methyl sites for hydroxylation is 1. The molecule has 0 saturated carbocycles. The van der Waals surface area contributed by atoms with Gasteiger partial charge < -0.3 is 0 Å². The van der Waals surface area contributed by atoms with Gasteiger partial charge in [0.05, 0.1) is 0 Å². The summed E-state index contributed by atoms with van der Waals surface area (Å²) >= 11 is 8.46. The van der Waals surface area contributed by atoms with Crippen molar-refractivity contribution < 1.29 is 4.79 Å². The summed E-state index contributed by atoms with van der Waals surface area (Å²) in [7, 11) is 0. The van der Waals surface area contributed by atoms with E-state index in [9.17, 15) is 4.79 Å². The van der Waals surface area contributed by atoms with Gasteiger partial charge in [0, 0.05) is 9.13 Å². The van der Waals surface area contributed by atoms with E-state index in [1.165, 1.54) is 0 Å². The monoisotopic (exact) mass is 370 g/mol. The lowest BCUT2D eigenvalue weighted by molar-refractivity contribution is 0.0986. The second-order valence-corrected chi connectivity index (χ2v) is 5.59. The number of halogens is 2. The van der Waals surface area contributed by atoms with Gasteiger partial charge in [0.1, 0.15) is 5.38 Å². The topological polar surface area (TPSA) is 17.1 Å². The summed E-state index contributed by atoms with van der Waals surface area (Å²) in [6.07, 6.45) is 0. The molecule has 18 heavy (non-hydrogen) atoms. The predicted molar refractivity (Wildman–Crippen MR) is 83.3 cm³/mol. The Hall–Kier alpha value is -0.870. The molecular weight excluding hydrogens is 359 g/mol. The molecule has 92 valence electrons. The van der Waals surface area contributed by atoms with E-state index in [0.717, 1.165) is 14.7 Å². The normalized spacial score (nSPS) is 12.2. The molecule has 0 saturated heterocycles. The molecule has 0 aromatic heterocycles. The first-order chi connectivity index (χ1) is 8.61. The van der Waals surface area contributed by atoms with Crippen LogP contribution in [0.4, 0.5) is 0 Å². The lowest BCUT2D eigenvalue weighted by Gasteiger charge is -2.11. The van der Waals surface area contributed by atoms with E-state index in [4.69, 9.17) is 11.6 Å². The van der Waals surface area contributed by atoms with E-state index in [1.54, 1.807) is 0 Å². The molecule has 0 bridgehead atoms. The fraction of sp³-hybridized carbons (Fsp3) is 0.133. The van der Waals surface area contributed by atoms with Crippen LogP contribution in [0.1, 0.15) is 26.9 Å². The van der Waals surface area contributed by atoms with Gasteiger partial charge in [0.2, 0.25) is 0 Å². The Balaban J connectivity index is 2.35. The molecular formula is C15H12ClIO. The number of rotatable bonds is 3. The largest absolute Gasteiger partial charge is 0.292 e. The summed E-state index contributed by atoms with van der Waals surface area (Å²) in [5, 5.41) is -0.624. The predicted octanol–water partition coefficient (Wildman–Crippen LogP) is 4.76. The number of ketones is 1. The van der Waals surface area contributed by atoms with Crippen molar-refractivity contribution in [1.29, 1.82) is 0 Å². The van der Waals surface area contributed by atoms with Crippen LogP contribution in [0.5, 0.6) is 0 Å². The average molecular weight is 371 g/mol. The Labute approximate surface area is 125 Å². The molecule has 0 fully saturated rings. The first kappa shape index (κ1) is 13.6. The van der Waals surface area contributed by atoms with Crippen LogP contribution in [0.25, 0.3) is 0 Å². The number of benzene rings is 2. The van der Waals surface area contributed by atoms with Crippen LogP contribution >= 0.6 is 34.2 Å². The van der Waals surface area contributed by atoms with Gasteiger partial charge in [-0.2, -0.15) is 0 Å². The highest BCUT2D eigenvalue weighted by Gasteiger charge is 2.21. The van der Waals surface area contributed by atoms with Crippen LogP contribution in [-0.4, -0.2) is 5.78 Å². The Kier molecular flexibility index (Phi) is 4.40. The number of carbonyl (C=O) groups excluding carboxylic acids is 1. The van der Waals surface area contributed by atoms with Gasteiger partial charge in [-0.15, -0.1) is 11.6 Å². The highest BCUT2D eigenvalue weighted by atomic mass is 127. The second kappa shape index (κ2) is 5.85. The Bertz CT molecular complexity index is 566. The minimum Gasteiger partial charge on any atom is -0.292 e. The summed E-state index contributed by atoms with van der Waals surface area (Å²) in [5.74, 6) is -0.0454. The van der Waals surface area contributed by atoms with Crippen molar-refractivity contribution in [3.8, 4) is 0 Å². The fourth-order valence-corrected chi connectivity index (χ4v) is 2.64. The molecule has 2 rings (SSSR count). The van der Waals surface area contributed by atoms with Crippen LogP contribution < -0.4 is 0 Å². The molecule has 0 aliphatic rings. The molecule has 0 amide bonds. The Morgan fingerprint density at radius 2 is 1.78 bits per heavy atom. The molecule has 3 heteroatoms. The van der Waals surface area contributed by atoms with E-state index < -0.39 is 5.38 Å². The third kappa shape index (κ3) is 2.75. The third-order valence-electron chi connectivity index (χ3n) is 2.78. The van der Waals surface area contributed by atoms with Gasteiger partial charge in [0.25, 0.3) is 0 Å². The number of carbonyl (C=O) groups is 1. The summed E-state index contributed by atoms with van der Waals surface area (Å²) < 4.78 is 0.974. The molecule has 0 heterocycles. The smallest absolute Gasteiger partial charge is 0.186 e. The van der Waals surface area contributed by atoms with Crippen molar-refractivity contribution in [2.45, 2.75) is 12.3 Å². The number of hydrogen-bond acceptors (Lipinski definition) is 1. The number of hydrogen-bond donors (Lipinski definition) is 0. The van der Waals surface area contributed by atoms with Crippen LogP contribution in [0.15, 0.2) is 48.5 Å². The second-order valence-electron chi connectivity index (χ2n) is 4.07. The maximum absolute atomic E-state index is 12.4. The quantitative estimate of drug-likeness (QED) is 0.432. The summed E-state index contributed by atoms with van der Waals surface area (Å²) in [6, 6.07) is 15.1. The molecule has 0 N–H and O–H groups in total. The van der Waals surface area contributed by atoms with Gasteiger partial charge in [-0.1, -0.05) is 48.5 Å². The maximum atomic E-state index is 12.4. The van der Waals surface area contributed by atoms with Crippen molar-refractivity contribution in [3.63, 3.8) is 0 Å². The van der Waals surface area contributed by atoms with E-state index in [1.807, 2.05) is 55.5 Å². The van der Waals surface area contributed by atoms with Crippen molar-refractivity contribution in [2.24, 2.45) is 0 Å². The zero-order valence-electron chi connectivity index (χ0n) is 9.86. The highest BCUT2D eigenvalue weighted by molar-refractivity contribution is 14.1. The molecule has 2 aromatic carbocycles. The van der Waals surface area contributed by atoms with E-state index in [-0.39, 0.29) is 5.78 Å². The summed E-state index contributed by atoms with van der Waals surface area (Å²) in [5.41, 5.74) is 2.62. The van der Waals surface area contributed by atoms with Crippen LogP contribution in [-0.2, 0) is 0 Å². The SMILES string of the molecule is Cc1cccc(C(=O)C(Cl)c2ccccc2)c1I. The van der Waals surface area contributed by atoms with Gasteiger partial charge in [-0.25, -0.2) is 0 Å². The standard InChI is InChI=1S/C15H12ClIO/c1-10-6-5-9-12(14(10)17)15(18)13(16)11-7-3-2-4-8-11/h2-9,13H,1H3. The third-order valence-corrected chi connectivity index (χ3v) is 4.66. The molecule has 0 aliphatic carbocycles. The summed E-state index contributed by atoms with van der Waals surface area (Å²) in [4.78, 5) is 12.4. The lowest BCUT2D eigenvalue weighted by atomic mass is 10.0. The number of alkyl halides is 1. The number of Topliss-reactive ketones (excluding diaryl/α,β-unsaturated/α-hetero) is 1. The minimum absolute atomic E-state index is 0.0454. The first-order valence-corrected chi connectivity index (χ1v) is 7.11. The van der Waals surface area contributed by atoms with E-state index in [0.29, 0.717) is 5.56 Å². The zero-order valence-corrected chi connectivity index (χ0v) is 12.8. The lowest BCUT2D eigenvalue weighted by Crippen LogP contribution is -2.09. The molecule has 1 unspecified atom stereocenters. The Morgan fingerprint density at radius 3 is 2.44 bits per heavy atom. The highest BCUT2D eigenvalue weighted by Crippen LogP contribution is 2.28. The minimum atomic E-state index is -0.624. The zero-order chi connectivity index (χ0) is 13.1. The van der Waals surface area contributed by atoms with Crippen LogP contribution in [0.3, 0.4) is 0 Å². The van der Waals surface area contributed by atoms with Gasteiger partial charge in [-0.3, -0.25) is 4.79 Å². The van der Waals surface area contributed by atoms with Crippen LogP contribution in [0, 0.1) is 10.5 Å². The van der Waals surface area contributed by atoms with Crippen molar-refractivity contribution >= 4 is 40.0 Å². The summed E-state index contributed by atoms with van der Waals surface area (Å²) in [6.45, 7) is 1.99. The molecule has 2 aromatic rings. The maximum Gasteiger partial charge on any atom is 0.186 e. The van der Waals surface area contributed by atoms with Crippen molar-refractivity contribution in [2.75, 3.05) is 0 Å².